The van der Waals surface area contributed by atoms with Crippen molar-refractivity contribution in [3.8, 4) is 0 Å². The molecular formula is C16H25IN6S. The van der Waals surface area contributed by atoms with Crippen LogP contribution < -0.4 is 10.6 Å². The Morgan fingerprint density at radius 1 is 1.38 bits per heavy atom. The molecule has 0 spiro atoms. The van der Waals surface area contributed by atoms with E-state index < -0.39 is 0 Å². The molecule has 0 saturated carbocycles. The van der Waals surface area contributed by atoms with Gasteiger partial charge in [0.25, 0.3) is 0 Å². The standard InChI is InChI=1S/C16H24N6S.HI/c1-16(8-5-11-23-16)12-19-15(17-2)18-9-7-14-21-20-13-6-3-4-10-22(13)14;/h3-4,6,10H,5,7-9,11-12H2,1-2H3,(H2,17,18,19);1H. The van der Waals surface area contributed by atoms with Crippen LogP contribution in [0.15, 0.2) is 29.4 Å². The molecule has 0 aliphatic carbocycles. The predicted octanol–water partition coefficient (Wildman–Crippen LogP) is 2.34. The minimum absolute atomic E-state index is 0. The van der Waals surface area contributed by atoms with Crippen molar-refractivity contribution < 1.29 is 0 Å². The topological polar surface area (TPSA) is 66.6 Å². The van der Waals surface area contributed by atoms with Gasteiger partial charge in [0, 0.05) is 37.5 Å². The number of hydrogen-bond donors (Lipinski definition) is 2. The number of nitrogens with zero attached hydrogens (tertiary/aromatic N) is 4. The maximum absolute atomic E-state index is 4.30. The lowest BCUT2D eigenvalue weighted by Gasteiger charge is -2.24. The van der Waals surface area contributed by atoms with Gasteiger partial charge in [0.1, 0.15) is 5.82 Å². The van der Waals surface area contributed by atoms with E-state index in [1.165, 1.54) is 18.6 Å². The summed E-state index contributed by atoms with van der Waals surface area (Å²) in [4.78, 5) is 4.30. The van der Waals surface area contributed by atoms with Gasteiger partial charge in [0.15, 0.2) is 11.6 Å². The van der Waals surface area contributed by atoms with Crippen molar-refractivity contribution in [2.45, 2.75) is 30.9 Å². The summed E-state index contributed by atoms with van der Waals surface area (Å²) in [6, 6.07) is 5.93. The highest BCUT2D eigenvalue weighted by atomic mass is 127. The van der Waals surface area contributed by atoms with Gasteiger partial charge in [-0.15, -0.1) is 34.2 Å². The molecule has 0 aromatic carbocycles. The Labute approximate surface area is 164 Å². The summed E-state index contributed by atoms with van der Waals surface area (Å²) in [5.74, 6) is 3.08. The highest BCUT2D eigenvalue weighted by Gasteiger charge is 2.29. The first-order chi connectivity index (χ1) is 11.2. The van der Waals surface area contributed by atoms with E-state index in [0.717, 1.165) is 36.9 Å². The van der Waals surface area contributed by atoms with Crippen LogP contribution in [0.25, 0.3) is 5.65 Å². The van der Waals surface area contributed by atoms with Crippen molar-refractivity contribution in [3.63, 3.8) is 0 Å². The number of fused-ring (bicyclic) bond motifs is 1. The second kappa shape index (κ2) is 8.89. The first-order valence-electron chi connectivity index (χ1n) is 8.07. The maximum atomic E-state index is 4.30. The lowest BCUT2D eigenvalue weighted by Crippen LogP contribution is -2.44. The number of halogens is 1. The monoisotopic (exact) mass is 460 g/mol. The third kappa shape index (κ3) is 4.75. The number of aromatic nitrogens is 3. The molecule has 0 amide bonds. The molecule has 1 aliphatic rings. The molecule has 3 heterocycles. The summed E-state index contributed by atoms with van der Waals surface area (Å²) >= 11 is 2.05. The van der Waals surface area contributed by atoms with E-state index in [4.69, 9.17) is 0 Å². The summed E-state index contributed by atoms with van der Waals surface area (Å²) in [5, 5.41) is 15.2. The molecule has 2 N–H and O–H groups in total. The Morgan fingerprint density at radius 3 is 3.00 bits per heavy atom. The number of nitrogens with one attached hydrogen (secondary N) is 2. The fourth-order valence-corrected chi connectivity index (χ4v) is 4.07. The molecule has 0 bridgehead atoms. The molecule has 0 radical (unpaired) electrons. The Bertz CT molecular complexity index is 680. The molecule has 132 valence electrons. The molecule has 1 fully saturated rings. The van der Waals surface area contributed by atoms with Gasteiger partial charge in [-0.2, -0.15) is 11.8 Å². The molecule has 1 aliphatic heterocycles. The van der Waals surface area contributed by atoms with E-state index >= 15 is 0 Å². The number of aliphatic imine (C=N–C) groups is 1. The van der Waals surface area contributed by atoms with E-state index in [1.807, 2.05) is 35.8 Å². The smallest absolute Gasteiger partial charge is 0.191 e. The number of rotatable bonds is 5. The molecule has 6 nitrogen and oxygen atoms in total. The molecule has 1 atom stereocenters. The number of thioether (sulfide) groups is 1. The average Bonchev–Trinajstić information content (AvgIpc) is 3.18. The van der Waals surface area contributed by atoms with E-state index in [9.17, 15) is 0 Å². The molecule has 2 aromatic heterocycles. The highest BCUT2D eigenvalue weighted by molar-refractivity contribution is 14.0. The van der Waals surface area contributed by atoms with E-state index in [0.29, 0.717) is 4.75 Å². The van der Waals surface area contributed by atoms with Crippen LogP contribution in [0, 0.1) is 0 Å². The van der Waals surface area contributed by atoms with Crippen LogP contribution in [0.5, 0.6) is 0 Å². The fourth-order valence-electron chi connectivity index (χ4n) is 2.82. The van der Waals surface area contributed by atoms with Crippen LogP contribution in [0.1, 0.15) is 25.6 Å². The Balaban J connectivity index is 0.00000208. The van der Waals surface area contributed by atoms with Crippen molar-refractivity contribution in [2.75, 3.05) is 25.9 Å². The minimum atomic E-state index is 0. The predicted molar refractivity (Wildman–Crippen MR) is 112 cm³/mol. The van der Waals surface area contributed by atoms with Crippen molar-refractivity contribution in [1.29, 1.82) is 0 Å². The van der Waals surface area contributed by atoms with Crippen molar-refractivity contribution in [3.05, 3.63) is 30.2 Å². The molecule has 1 saturated heterocycles. The van der Waals surface area contributed by atoms with Gasteiger partial charge < -0.3 is 10.6 Å². The summed E-state index contributed by atoms with van der Waals surface area (Å²) in [6.07, 6.45) is 5.38. The molecule has 8 heteroatoms. The summed E-state index contributed by atoms with van der Waals surface area (Å²) < 4.78 is 2.36. The highest BCUT2D eigenvalue weighted by Crippen LogP contribution is 2.36. The quantitative estimate of drug-likeness (QED) is 0.408. The van der Waals surface area contributed by atoms with E-state index in [2.05, 4.69) is 44.5 Å². The first kappa shape index (κ1) is 19.3. The third-order valence-corrected chi connectivity index (χ3v) is 5.72. The largest absolute Gasteiger partial charge is 0.356 e. The molecule has 1 unspecified atom stereocenters. The summed E-state index contributed by atoms with van der Waals surface area (Å²) in [5.41, 5.74) is 0.885. The maximum Gasteiger partial charge on any atom is 0.191 e. The second-order valence-electron chi connectivity index (χ2n) is 6.05. The van der Waals surface area contributed by atoms with E-state index in [-0.39, 0.29) is 24.0 Å². The fraction of sp³-hybridized carbons (Fsp3) is 0.562. The van der Waals surface area contributed by atoms with Gasteiger partial charge in [-0.05, 0) is 37.7 Å². The lowest BCUT2D eigenvalue weighted by molar-refractivity contribution is 0.584. The zero-order valence-electron chi connectivity index (χ0n) is 14.2. The Kier molecular flexibility index (Phi) is 7.15. The van der Waals surface area contributed by atoms with Gasteiger partial charge in [0.05, 0.1) is 0 Å². The third-order valence-electron chi connectivity index (χ3n) is 4.18. The van der Waals surface area contributed by atoms with Crippen molar-refractivity contribution in [2.24, 2.45) is 4.99 Å². The second-order valence-corrected chi connectivity index (χ2v) is 7.73. The summed E-state index contributed by atoms with van der Waals surface area (Å²) in [7, 11) is 1.81. The van der Waals surface area contributed by atoms with Crippen LogP contribution in [0.4, 0.5) is 0 Å². The van der Waals surface area contributed by atoms with Crippen LogP contribution in [-0.2, 0) is 6.42 Å². The number of hydrogen-bond acceptors (Lipinski definition) is 4. The average molecular weight is 460 g/mol. The Morgan fingerprint density at radius 2 is 2.25 bits per heavy atom. The zero-order valence-corrected chi connectivity index (χ0v) is 17.3. The Hall–Kier alpha value is -1.03. The van der Waals surface area contributed by atoms with Crippen LogP contribution in [0.3, 0.4) is 0 Å². The van der Waals surface area contributed by atoms with Crippen LogP contribution >= 0.6 is 35.7 Å². The van der Waals surface area contributed by atoms with Gasteiger partial charge in [-0.25, -0.2) is 0 Å². The van der Waals surface area contributed by atoms with Crippen LogP contribution in [0.2, 0.25) is 0 Å². The SMILES string of the molecule is CN=C(NCCc1nnc2ccccn12)NCC1(C)CCCS1.I. The molecule has 24 heavy (non-hydrogen) atoms. The summed E-state index contributed by atoms with van der Waals surface area (Å²) in [6.45, 7) is 4.05. The number of guanidine groups is 1. The lowest BCUT2D eigenvalue weighted by atomic mass is 10.1. The normalized spacial score (nSPS) is 20.8. The van der Waals surface area contributed by atoms with Crippen LogP contribution in [-0.4, -0.2) is 51.2 Å². The minimum Gasteiger partial charge on any atom is -0.356 e. The van der Waals surface area contributed by atoms with Gasteiger partial charge in [0.2, 0.25) is 0 Å². The first-order valence-corrected chi connectivity index (χ1v) is 9.06. The van der Waals surface area contributed by atoms with Gasteiger partial charge in [-0.3, -0.25) is 9.39 Å². The van der Waals surface area contributed by atoms with E-state index in [1.54, 1.807) is 0 Å². The van der Waals surface area contributed by atoms with Gasteiger partial charge >= 0.3 is 0 Å². The van der Waals surface area contributed by atoms with Gasteiger partial charge in [-0.1, -0.05) is 6.07 Å². The van der Waals surface area contributed by atoms with Crippen molar-refractivity contribution in [1.82, 2.24) is 25.2 Å². The van der Waals surface area contributed by atoms with Crippen molar-refractivity contribution >= 4 is 47.3 Å². The molecule has 2 aromatic rings. The zero-order chi connectivity index (χ0) is 16.1. The molecule has 3 rings (SSSR count). The number of pyridine rings is 1. The molecular weight excluding hydrogens is 435 g/mol.